The summed E-state index contributed by atoms with van der Waals surface area (Å²) in [6, 6.07) is 11.5. The third kappa shape index (κ3) is 2.88. The van der Waals surface area contributed by atoms with Crippen molar-refractivity contribution < 1.29 is 5.11 Å². The standard InChI is InChI=1S/C19H19N3O/c1-4-6-14-7-5-8-15(19(14)23)12-20-16-9-10-18-17(11-16)21-13(2)22(18)3/h4-5,7-12,23H,1,6H2,2-3H3. The number of hydrogen-bond acceptors (Lipinski definition) is 3. The van der Waals surface area contributed by atoms with Crippen molar-refractivity contribution in [3.63, 3.8) is 0 Å². The van der Waals surface area contributed by atoms with Crippen LogP contribution in [0, 0.1) is 6.92 Å². The fraction of sp³-hybridized carbons (Fsp3) is 0.158. The molecule has 116 valence electrons. The Kier molecular flexibility index (Phi) is 3.98. The van der Waals surface area contributed by atoms with Gasteiger partial charge in [-0.25, -0.2) is 4.98 Å². The maximum absolute atomic E-state index is 10.3. The van der Waals surface area contributed by atoms with Gasteiger partial charge in [-0.15, -0.1) is 6.58 Å². The number of aromatic nitrogens is 2. The number of benzene rings is 2. The highest BCUT2D eigenvalue weighted by molar-refractivity contribution is 5.87. The first-order chi connectivity index (χ1) is 11.1. The Balaban J connectivity index is 1.94. The van der Waals surface area contributed by atoms with E-state index in [2.05, 4.69) is 16.6 Å². The third-order valence-corrected chi connectivity index (χ3v) is 3.96. The molecule has 0 atom stereocenters. The van der Waals surface area contributed by atoms with Crippen LogP contribution >= 0.6 is 0 Å². The van der Waals surface area contributed by atoms with Crippen LogP contribution in [0.5, 0.6) is 5.75 Å². The van der Waals surface area contributed by atoms with Gasteiger partial charge >= 0.3 is 0 Å². The van der Waals surface area contributed by atoms with Gasteiger partial charge in [0, 0.05) is 18.8 Å². The molecule has 0 aliphatic rings. The van der Waals surface area contributed by atoms with Crippen molar-refractivity contribution in [2.24, 2.45) is 12.0 Å². The van der Waals surface area contributed by atoms with Gasteiger partial charge in [0.25, 0.3) is 0 Å². The zero-order valence-electron chi connectivity index (χ0n) is 13.3. The summed E-state index contributed by atoms with van der Waals surface area (Å²) in [6.07, 6.45) is 4.08. The van der Waals surface area contributed by atoms with E-state index in [-0.39, 0.29) is 5.75 Å². The van der Waals surface area contributed by atoms with E-state index in [1.54, 1.807) is 12.3 Å². The molecule has 0 aliphatic carbocycles. The first-order valence-corrected chi connectivity index (χ1v) is 7.49. The molecule has 0 amide bonds. The molecule has 0 bridgehead atoms. The van der Waals surface area contributed by atoms with Crippen molar-refractivity contribution in [3.05, 3.63) is 66.0 Å². The van der Waals surface area contributed by atoms with E-state index in [1.807, 2.05) is 54.9 Å². The molecule has 3 aromatic rings. The van der Waals surface area contributed by atoms with Gasteiger partial charge in [-0.3, -0.25) is 4.99 Å². The van der Waals surface area contributed by atoms with Gasteiger partial charge in [-0.1, -0.05) is 18.2 Å². The lowest BCUT2D eigenvalue weighted by atomic mass is 10.1. The van der Waals surface area contributed by atoms with E-state index in [0.717, 1.165) is 28.1 Å². The second kappa shape index (κ2) is 6.08. The number of hydrogen-bond donors (Lipinski definition) is 1. The minimum absolute atomic E-state index is 0.255. The predicted octanol–water partition coefficient (Wildman–Crippen LogP) is 4.07. The van der Waals surface area contributed by atoms with Crippen LogP contribution < -0.4 is 0 Å². The number of rotatable bonds is 4. The van der Waals surface area contributed by atoms with Crippen LogP contribution in [0.25, 0.3) is 11.0 Å². The Morgan fingerprint density at radius 1 is 1.30 bits per heavy atom. The number of allylic oxidation sites excluding steroid dienone is 1. The molecular formula is C19H19N3O. The van der Waals surface area contributed by atoms with E-state index in [4.69, 9.17) is 0 Å². The number of aryl methyl sites for hydroxylation is 2. The number of nitrogens with zero attached hydrogens (tertiary/aromatic N) is 3. The van der Waals surface area contributed by atoms with Crippen LogP contribution in [0.3, 0.4) is 0 Å². The smallest absolute Gasteiger partial charge is 0.127 e. The van der Waals surface area contributed by atoms with Gasteiger partial charge in [-0.2, -0.15) is 0 Å². The van der Waals surface area contributed by atoms with E-state index in [9.17, 15) is 5.11 Å². The van der Waals surface area contributed by atoms with Gasteiger partial charge in [0.1, 0.15) is 11.6 Å². The molecule has 0 unspecified atom stereocenters. The maximum Gasteiger partial charge on any atom is 0.127 e. The summed E-state index contributed by atoms with van der Waals surface area (Å²) >= 11 is 0. The SMILES string of the molecule is C=CCc1cccc(C=Nc2ccc3c(c2)nc(C)n3C)c1O. The summed E-state index contributed by atoms with van der Waals surface area (Å²) in [7, 11) is 2.00. The van der Waals surface area contributed by atoms with Gasteiger partial charge in [0.05, 0.1) is 16.7 Å². The quantitative estimate of drug-likeness (QED) is 0.583. The second-order valence-corrected chi connectivity index (χ2v) is 5.50. The average molecular weight is 305 g/mol. The Labute approximate surface area is 135 Å². The van der Waals surface area contributed by atoms with Crippen molar-refractivity contribution in [1.82, 2.24) is 9.55 Å². The largest absolute Gasteiger partial charge is 0.507 e. The minimum atomic E-state index is 0.255. The van der Waals surface area contributed by atoms with Gasteiger partial charge < -0.3 is 9.67 Å². The van der Waals surface area contributed by atoms with Crippen LogP contribution in [0.4, 0.5) is 5.69 Å². The molecule has 23 heavy (non-hydrogen) atoms. The number of fused-ring (bicyclic) bond motifs is 1. The first kappa shape index (κ1) is 15.0. The zero-order valence-corrected chi connectivity index (χ0v) is 13.3. The molecule has 2 aromatic carbocycles. The predicted molar refractivity (Wildman–Crippen MR) is 94.7 cm³/mol. The molecule has 4 nitrogen and oxygen atoms in total. The second-order valence-electron chi connectivity index (χ2n) is 5.50. The summed E-state index contributed by atoms with van der Waals surface area (Å²) in [6.45, 7) is 5.68. The molecular weight excluding hydrogens is 286 g/mol. The van der Waals surface area contributed by atoms with E-state index < -0.39 is 0 Å². The van der Waals surface area contributed by atoms with Gasteiger partial charge in [-0.05, 0) is 43.2 Å². The summed E-state index contributed by atoms with van der Waals surface area (Å²) in [5.41, 5.74) is 4.35. The fourth-order valence-electron chi connectivity index (χ4n) is 2.57. The molecule has 1 N–H and O–H groups in total. The summed E-state index contributed by atoms with van der Waals surface area (Å²) in [4.78, 5) is 8.98. The highest BCUT2D eigenvalue weighted by Gasteiger charge is 2.05. The molecule has 4 heteroatoms. The molecule has 1 heterocycles. The normalized spacial score (nSPS) is 11.4. The Hall–Kier alpha value is -2.88. The molecule has 0 fully saturated rings. The Morgan fingerprint density at radius 2 is 2.13 bits per heavy atom. The Bertz CT molecular complexity index is 906. The number of aromatic hydroxyl groups is 1. The van der Waals surface area contributed by atoms with Crippen LogP contribution in [-0.2, 0) is 13.5 Å². The fourth-order valence-corrected chi connectivity index (χ4v) is 2.57. The van der Waals surface area contributed by atoms with Crippen molar-refractivity contribution in [2.45, 2.75) is 13.3 Å². The average Bonchev–Trinajstić information content (AvgIpc) is 2.83. The monoisotopic (exact) mass is 305 g/mol. The topological polar surface area (TPSA) is 50.4 Å². The van der Waals surface area contributed by atoms with Gasteiger partial charge in [0.15, 0.2) is 0 Å². The van der Waals surface area contributed by atoms with E-state index >= 15 is 0 Å². The van der Waals surface area contributed by atoms with Gasteiger partial charge in [0.2, 0.25) is 0 Å². The molecule has 1 aromatic heterocycles. The van der Waals surface area contributed by atoms with E-state index in [0.29, 0.717) is 12.0 Å². The van der Waals surface area contributed by atoms with Crippen LogP contribution in [0.15, 0.2) is 54.0 Å². The first-order valence-electron chi connectivity index (χ1n) is 7.49. The molecule has 3 rings (SSSR count). The van der Waals surface area contributed by atoms with Crippen LogP contribution in [0.1, 0.15) is 17.0 Å². The van der Waals surface area contributed by atoms with E-state index in [1.165, 1.54) is 0 Å². The number of phenolic OH excluding ortho intramolecular Hbond substituents is 1. The van der Waals surface area contributed by atoms with Crippen molar-refractivity contribution >= 4 is 22.9 Å². The number of phenols is 1. The zero-order chi connectivity index (χ0) is 16.4. The highest BCUT2D eigenvalue weighted by Crippen LogP contribution is 2.24. The lowest BCUT2D eigenvalue weighted by Gasteiger charge is -2.04. The lowest BCUT2D eigenvalue weighted by molar-refractivity contribution is 0.469. The molecule has 0 aliphatic heterocycles. The number of para-hydroxylation sites is 1. The molecule has 0 radical (unpaired) electrons. The summed E-state index contributed by atoms with van der Waals surface area (Å²) < 4.78 is 2.05. The molecule has 0 saturated heterocycles. The molecule has 0 saturated carbocycles. The van der Waals surface area contributed by atoms with Crippen LogP contribution in [-0.4, -0.2) is 20.9 Å². The number of aliphatic imine (C=N–C) groups is 1. The highest BCUT2D eigenvalue weighted by atomic mass is 16.3. The molecule has 0 spiro atoms. The Morgan fingerprint density at radius 3 is 2.91 bits per heavy atom. The lowest BCUT2D eigenvalue weighted by Crippen LogP contribution is -1.89. The van der Waals surface area contributed by atoms with Crippen molar-refractivity contribution in [2.75, 3.05) is 0 Å². The summed E-state index contributed by atoms with van der Waals surface area (Å²) in [5, 5.41) is 10.3. The van der Waals surface area contributed by atoms with Crippen molar-refractivity contribution in [1.29, 1.82) is 0 Å². The van der Waals surface area contributed by atoms with Crippen molar-refractivity contribution in [3.8, 4) is 5.75 Å². The van der Waals surface area contributed by atoms with Crippen LogP contribution in [0.2, 0.25) is 0 Å². The maximum atomic E-state index is 10.3. The summed E-state index contributed by atoms with van der Waals surface area (Å²) in [5.74, 6) is 1.22. The third-order valence-electron chi connectivity index (χ3n) is 3.96. The minimum Gasteiger partial charge on any atom is -0.507 e. The number of imidazole rings is 1.